The number of rotatable bonds is 2. The van der Waals surface area contributed by atoms with Gasteiger partial charge in [-0.15, -0.1) is 0 Å². The molecule has 1 heterocycles. The van der Waals surface area contributed by atoms with Crippen molar-refractivity contribution in [3.63, 3.8) is 0 Å². The minimum absolute atomic E-state index is 0.363. The molecule has 3 rings (SSSR count). The predicted octanol–water partition coefficient (Wildman–Crippen LogP) is 3.14. The van der Waals surface area contributed by atoms with Crippen LogP contribution in [0.25, 0.3) is 5.69 Å². The molecular formula is C17H13FN4O. The molecule has 1 N–H and O–H groups in total. The van der Waals surface area contributed by atoms with Crippen molar-refractivity contribution >= 4 is 11.7 Å². The summed E-state index contributed by atoms with van der Waals surface area (Å²) < 4.78 is 14.5. The second-order valence-corrected chi connectivity index (χ2v) is 4.71. The predicted molar refractivity (Wildman–Crippen MR) is 84.5 cm³/mol. The van der Waals surface area contributed by atoms with E-state index in [2.05, 4.69) is 15.4 Å². The highest BCUT2D eigenvalue weighted by atomic mass is 19.1. The highest BCUT2D eigenvalue weighted by molar-refractivity contribution is 5.89. The molecule has 0 radical (unpaired) electrons. The molecule has 0 aliphatic rings. The van der Waals surface area contributed by atoms with Crippen molar-refractivity contribution in [2.45, 2.75) is 0 Å². The Morgan fingerprint density at radius 2 is 1.78 bits per heavy atom. The van der Waals surface area contributed by atoms with Gasteiger partial charge < -0.3 is 5.32 Å². The number of urea groups is 1. The van der Waals surface area contributed by atoms with Gasteiger partial charge in [0.05, 0.1) is 17.2 Å². The van der Waals surface area contributed by atoms with Crippen molar-refractivity contribution < 1.29 is 9.18 Å². The molecule has 0 fully saturated rings. The van der Waals surface area contributed by atoms with Gasteiger partial charge in [0.15, 0.2) is 0 Å². The molecule has 3 aromatic rings. The molecule has 0 aliphatic carbocycles. The van der Waals surface area contributed by atoms with Gasteiger partial charge in [0.2, 0.25) is 0 Å². The Morgan fingerprint density at radius 1 is 1.04 bits per heavy atom. The van der Waals surface area contributed by atoms with Crippen LogP contribution in [0.3, 0.4) is 0 Å². The lowest BCUT2D eigenvalue weighted by Gasteiger charge is -2.03. The molecule has 0 atom stereocenters. The Hall–Kier alpha value is -3.28. The molecule has 0 aliphatic heterocycles. The summed E-state index contributed by atoms with van der Waals surface area (Å²) in [6.07, 6.45) is 3.22. The SMILES string of the molecule is O=C(N=c1ccn(-c2ccccc2)nc1)Nc1ccc(F)cc1. The maximum absolute atomic E-state index is 12.8. The minimum Gasteiger partial charge on any atom is -0.306 e. The van der Waals surface area contributed by atoms with Crippen LogP contribution in [0.4, 0.5) is 14.9 Å². The molecule has 23 heavy (non-hydrogen) atoms. The van der Waals surface area contributed by atoms with Crippen LogP contribution in [0.2, 0.25) is 0 Å². The number of hydrogen-bond donors (Lipinski definition) is 1. The van der Waals surface area contributed by atoms with Crippen LogP contribution >= 0.6 is 0 Å². The fourth-order valence-corrected chi connectivity index (χ4v) is 1.95. The molecule has 0 unspecified atom stereocenters. The fourth-order valence-electron chi connectivity index (χ4n) is 1.95. The lowest BCUT2D eigenvalue weighted by Crippen LogP contribution is -2.14. The van der Waals surface area contributed by atoms with Gasteiger partial charge in [0, 0.05) is 11.9 Å². The Morgan fingerprint density at radius 3 is 2.43 bits per heavy atom. The number of nitrogens with zero attached hydrogens (tertiary/aromatic N) is 3. The number of amides is 2. The van der Waals surface area contributed by atoms with E-state index in [4.69, 9.17) is 0 Å². The first-order chi connectivity index (χ1) is 11.2. The smallest absolute Gasteiger partial charge is 0.306 e. The molecule has 2 aromatic carbocycles. The molecule has 5 nitrogen and oxygen atoms in total. The molecule has 2 amide bonds. The zero-order valence-electron chi connectivity index (χ0n) is 12.1. The third-order valence-electron chi connectivity index (χ3n) is 3.05. The third kappa shape index (κ3) is 3.88. The van der Waals surface area contributed by atoms with Crippen molar-refractivity contribution in [2.24, 2.45) is 4.99 Å². The van der Waals surface area contributed by atoms with Gasteiger partial charge in [-0.25, -0.2) is 13.9 Å². The number of aromatic nitrogens is 2. The second-order valence-electron chi connectivity index (χ2n) is 4.71. The fraction of sp³-hybridized carbons (Fsp3) is 0. The Kier molecular flexibility index (Phi) is 4.24. The van der Waals surface area contributed by atoms with E-state index in [1.807, 2.05) is 30.3 Å². The van der Waals surface area contributed by atoms with Crippen LogP contribution in [-0.2, 0) is 0 Å². The highest BCUT2D eigenvalue weighted by Crippen LogP contribution is 2.08. The molecule has 0 saturated carbocycles. The number of para-hydroxylation sites is 1. The molecule has 6 heteroatoms. The summed E-state index contributed by atoms with van der Waals surface area (Å²) in [5, 5.41) is 7.20. The topological polar surface area (TPSA) is 59.3 Å². The molecule has 0 saturated heterocycles. The largest absolute Gasteiger partial charge is 0.345 e. The van der Waals surface area contributed by atoms with Crippen molar-refractivity contribution in [1.82, 2.24) is 9.78 Å². The summed E-state index contributed by atoms with van der Waals surface area (Å²) in [6, 6.07) is 16.2. The molecule has 1 aromatic heterocycles. The minimum atomic E-state index is -0.545. The van der Waals surface area contributed by atoms with Crippen LogP contribution in [0.5, 0.6) is 0 Å². The first-order valence-electron chi connectivity index (χ1n) is 6.92. The molecule has 0 spiro atoms. The number of nitrogens with one attached hydrogen (secondary N) is 1. The third-order valence-corrected chi connectivity index (χ3v) is 3.05. The Bertz CT molecular complexity index is 853. The summed E-state index contributed by atoms with van der Waals surface area (Å²) in [7, 11) is 0. The van der Waals surface area contributed by atoms with Crippen LogP contribution in [0, 0.1) is 5.82 Å². The Labute approximate surface area is 131 Å². The van der Waals surface area contributed by atoms with Crippen LogP contribution in [0.15, 0.2) is 78.0 Å². The van der Waals surface area contributed by atoms with Gasteiger partial charge in [-0.3, -0.25) is 0 Å². The maximum atomic E-state index is 12.8. The summed E-state index contributed by atoms with van der Waals surface area (Å²) in [5.41, 5.74) is 1.39. The van der Waals surface area contributed by atoms with Crippen LogP contribution in [0.1, 0.15) is 0 Å². The molecule has 114 valence electrons. The van der Waals surface area contributed by atoms with E-state index in [1.54, 1.807) is 16.9 Å². The Balaban J connectivity index is 1.74. The average Bonchev–Trinajstić information content (AvgIpc) is 2.58. The van der Waals surface area contributed by atoms with E-state index < -0.39 is 6.03 Å². The number of carbonyl (C=O) groups excluding carboxylic acids is 1. The number of hydrogen-bond acceptors (Lipinski definition) is 2. The van der Waals surface area contributed by atoms with E-state index in [1.165, 1.54) is 30.5 Å². The summed E-state index contributed by atoms with van der Waals surface area (Å²) in [5.74, 6) is -0.363. The summed E-state index contributed by atoms with van der Waals surface area (Å²) >= 11 is 0. The normalized spacial score (nSPS) is 11.3. The highest BCUT2D eigenvalue weighted by Gasteiger charge is 2.00. The maximum Gasteiger partial charge on any atom is 0.345 e. The first-order valence-corrected chi connectivity index (χ1v) is 6.92. The van der Waals surface area contributed by atoms with Crippen LogP contribution in [-0.4, -0.2) is 15.8 Å². The molecular weight excluding hydrogens is 295 g/mol. The van der Waals surface area contributed by atoms with Gasteiger partial charge in [0.25, 0.3) is 0 Å². The van der Waals surface area contributed by atoms with Gasteiger partial charge in [0.1, 0.15) is 5.82 Å². The number of benzene rings is 2. The summed E-state index contributed by atoms with van der Waals surface area (Å²) in [4.78, 5) is 15.7. The number of anilines is 1. The van der Waals surface area contributed by atoms with E-state index in [-0.39, 0.29) is 5.82 Å². The first kappa shape index (κ1) is 14.6. The van der Waals surface area contributed by atoms with Gasteiger partial charge in [-0.05, 0) is 42.5 Å². The zero-order valence-corrected chi connectivity index (χ0v) is 12.1. The van der Waals surface area contributed by atoms with Crippen molar-refractivity contribution in [1.29, 1.82) is 0 Å². The quantitative estimate of drug-likeness (QED) is 0.790. The van der Waals surface area contributed by atoms with E-state index in [0.717, 1.165) is 5.69 Å². The zero-order chi connectivity index (χ0) is 16.1. The summed E-state index contributed by atoms with van der Waals surface area (Å²) in [6.45, 7) is 0. The molecule has 0 bridgehead atoms. The van der Waals surface area contributed by atoms with E-state index >= 15 is 0 Å². The van der Waals surface area contributed by atoms with Crippen LogP contribution < -0.4 is 10.7 Å². The standard InChI is InChI=1S/C17H13FN4O/c18-13-6-8-14(9-7-13)20-17(23)21-15-10-11-22(19-12-15)16-4-2-1-3-5-16/h1-12H,(H,20,23). The second kappa shape index (κ2) is 6.65. The lowest BCUT2D eigenvalue weighted by atomic mass is 10.3. The monoisotopic (exact) mass is 308 g/mol. The van der Waals surface area contributed by atoms with Crippen molar-refractivity contribution in [2.75, 3.05) is 5.32 Å². The van der Waals surface area contributed by atoms with Gasteiger partial charge in [-0.1, -0.05) is 18.2 Å². The van der Waals surface area contributed by atoms with E-state index in [0.29, 0.717) is 11.0 Å². The van der Waals surface area contributed by atoms with Crippen molar-refractivity contribution in [3.05, 3.63) is 84.2 Å². The lowest BCUT2D eigenvalue weighted by molar-refractivity contribution is 0.259. The van der Waals surface area contributed by atoms with Crippen molar-refractivity contribution in [3.8, 4) is 5.69 Å². The van der Waals surface area contributed by atoms with Gasteiger partial charge >= 0.3 is 6.03 Å². The van der Waals surface area contributed by atoms with Gasteiger partial charge in [-0.2, -0.15) is 10.1 Å². The number of halogens is 1. The van der Waals surface area contributed by atoms with E-state index in [9.17, 15) is 9.18 Å². The number of carbonyl (C=O) groups is 1. The average molecular weight is 308 g/mol.